The Morgan fingerprint density at radius 2 is 2.30 bits per heavy atom. The number of halogens is 1. The van der Waals surface area contributed by atoms with Crippen LogP contribution in [0.4, 0.5) is 4.39 Å². The number of nitrogens with one attached hydrogen (secondary N) is 1. The number of carbonyl (C=O) groups excluding carboxylic acids is 1. The van der Waals surface area contributed by atoms with Crippen molar-refractivity contribution in [3.63, 3.8) is 0 Å². The number of hydrogen-bond donors (Lipinski definition) is 2. The van der Waals surface area contributed by atoms with Crippen molar-refractivity contribution in [2.75, 3.05) is 18.6 Å². The smallest absolute Gasteiger partial charge is 0.236 e. The number of benzene rings is 1. The van der Waals surface area contributed by atoms with E-state index in [0.29, 0.717) is 13.0 Å². The maximum absolute atomic E-state index is 13.3. The lowest BCUT2D eigenvalue weighted by molar-refractivity contribution is -0.122. The maximum Gasteiger partial charge on any atom is 0.236 e. The average Bonchev–Trinajstić information content (AvgIpc) is 3.23. The standard InChI is InChI=1S/C15H21FN2OS/c1-20-8-5-13(17)14(19)18-10-15(6-7-15)11-3-2-4-12(16)9-11/h2-4,9,13H,5-8,10,17H2,1H3,(H,18,19)/t13-/m0/s1. The van der Waals surface area contributed by atoms with Crippen molar-refractivity contribution in [2.24, 2.45) is 5.73 Å². The van der Waals surface area contributed by atoms with Gasteiger partial charge in [0.1, 0.15) is 5.82 Å². The molecule has 1 aliphatic rings. The summed E-state index contributed by atoms with van der Waals surface area (Å²) in [5, 5.41) is 2.92. The first-order valence-electron chi connectivity index (χ1n) is 6.86. The molecule has 20 heavy (non-hydrogen) atoms. The molecule has 1 atom stereocenters. The third-order valence-corrected chi connectivity index (χ3v) is 4.51. The Morgan fingerprint density at radius 3 is 2.90 bits per heavy atom. The molecular formula is C15H21FN2OS. The van der Waals surface area contributed by atoms with Crippen molar-refractivity contribution >= 4 is 17.7 Å². The highest BCUT2D eigenvalue weighted by Crippen LogP contribution is 2.47. The van der Waals surface area contributed by atoms with Gasteiger partial charge in [-0.3, -0.25) is 4.79 Å². The van der Waals surface area contributed by atoms with Crippen LogP contribution in [0.2, 0.25) is 0 Å². The van der Waals surface area contributed by atoms with Gasteiger partial charge in [-0.2, -0.15) is 11.8 Å². The van der Waals surface area contributed by atoms with Gasteiger partial charge in [0.05, 0.1) is 6.04 Å². The van der Waals surface area contributed by atoms with Crippen LogP contribution in [-0.2, 0) is 10.2 Å². The Kier molecular flexibility index (Phi) is 5.05. The molecule has 1 amide bonds. The highest BCUT2D eigenvalue weighted by Gasteiger charge is 2.44. The summed E-state index contributed by atoms with van der Waals surface area (Å²) in [7, 11) is 0. The van der Waals surface area contributed by atoms with Gasteiger partial charge in [-0.05, 0) is 49.0 Å². The topological polar surface area (TPSA) is 55.1 Å². The number of carbonyl (C=O) groups is 1. The van der Waals surface area contributed by atoms with Crippen molar-refractivity contribution in [2.45, 2.75) is 30.7 Å². The van der Waals surface area contributed by atoms with Gasteiger partial charge < -0.3 is 11.1 Å². The highest BCUT2D eigenvalue weighted by molar-refractivity contribution is 7.98. The molecule has 1 aromatic carbocycles. The molecule has 3 nitrogen and oxygen atoms in total. The van der Waals surface area contributed by atoms with E-state index in [2.05, 4.69) is 5.32 Å². The highest BCUT2D eigenvalue weighted by atomic mass is 32.2. The fourth-order valence-electron chi connectivity index (χ4n) is 2.30. The van der Waals surface area contributed by atoms with Gasteiger partial charge in [-0.15, -0.1) is 0 Å². The number of amides is 1. The fourth-order valence-corrected chi connectivity index (χ4v) is 2.79. The van der Waals surface area contributed by atoms with Gasteiger partial charge in [-0.25, -0.2) is 4.39 Å². The molecule has 1 fully saturated rings. The van der Waals surface area contributed by atoms with Gasteiger partial charge in [-0.1, -0.05) is 12.1 Å². The first-order chi connectivity index (χ1) is 9.57. The second-order valence-electron chi connectivity index (χ2n) is 5.40. The normalized spacial score (nSPS) is 17.6. The van der Waals surface area contributed by atoms with E-state index in [1.54, 1.807) is 23.9 Å². The van der Waals surface area contributed by atoms with Crippen molar-refractivity contribution in [1.29, 1.82) is 0 Å². The molecule has 1 saturated carbocycles. The van der Waals surface area contributed by atoms with Gasteiger partial charge in [0, 0.05) is 12.0 Å². The monoisotopic (exact) mass is 296 g/mol. The molecule has 0 aromatic heterocycles. The van der Waals surface area contributed by atoms with Crippen molar-refractivity contribution in [1.82, 2.24) is 5.32 Å². The van der Waals surface area contributed by atoms with Crippen LogP contribution < -0.4 is 11.1 Å². The van der Waals surface area contributed by atoms with Gasteiger partial charge in [0.25, 0.3) is 0 Å². The summed E-state index contributed by atoms with van der Waals surface area (Å²) in [5.74, 6) is 0.544. The van der Waals surface area contributed by atoms with Crippen molar-refractivity contribution in [3.8, 4) is 0 Å². The molecule has 110 valence electrons. The lowest BCUT2D eigenvalue weighted by Crippen LogP contribution is -2.43. The number of rotatable bonds is 7. The van der Waals surface area contributed by atoms with Gasteiger partial charge >= 0.3 is 0 Å². The molecule has 0 spiro atoms. The van der Waals surface area contributed by atoms with E-state index in [1.165, 1.54) is 6.07 Å². The molecule has 1 aromatic rings. The molecule has 5 heteroatoms. The molecule has 0 aliphatic heterocycles. The molecule has 0 heterocycles. The Hall–Kier alpha value is -1.07. The molecule has 0 bridgehead atoms. The van der Waals surface area contributed by atoms with E-state index >= 15 is 0 Å². The van der Waals surface area contributed by atoms with Crippen LogP contribution in [0, 0.1) is 5.82 Å². The average molecular weight is 296 g/mol. The van der Waals surface area contributed by atoms with Crippen LogP contribution in [-0.4, -0.2) is 30.5 Å². The summed E-state index contributed by atoms with van der Waals surface area (Å²) in [4.78, 5) is 11.9. The molecule has 3 N–H and O–H groups in total. The van der Waals surface area contributed by atoms with E-state index in [9.17, 15) is 9.18 Å². The zero-order valence-electron chi connectivity index (χ0n) is 11.7. The van der Waals surface area contributed by atoms with Crippen molar-refractivity contribution in [3.05, 3.63) is 35.6 Å². The zero-order chi connectivity index (χ0) is 14.6. The summed E-state index contributed by atoms with van der Waals surface area (Å²) in [6.45, 7) is 0.544. The summed E-state index contributed by atoms with van der Waals surface area (Å²) in [6.07, 6.45) is 4.64. The SMILES string of the molecule is CSCC[C@H](N)C(=O)NCC1(c2cccc(F)c2)CC1. The van der Waals surface area contributed by atoms with E-state index < -0.39 is 6.04 Å². The second-order valence-corrected chi connectivity index (χ2v) is 6.38. The molecular weight excluding hydrogens is 275 g/mol. The Morgan fingerprint density at radius 1 is 1.55 bits per heavy atom. The summed E-state index contributed by atoms with van der Waals surface area (Å²) in [5.41, 5.74) is 6.71. The Balaban J connectivity index is 1.89. The van der Waals surface area contributed by atoms with E-state index in [-0.39, 0.29) is 17.1 Å². The molecule has 2 rings (SSSR count). The quantitative estimate of drug-likeness (QED) is 0.810. The minimum absolute atomic E-state index is 0.0863. The summed E-state index contributed by atoms with van der Waals surface area (Å²) in [6, 6.07) is 6.20. The lowest BCUT2D eigenvalue weighted by Gasteiger charge is -2.18. The van der Waals surface area contributed by atoms with E-state index in [1.807, 2.05) is 12.3 Å². The summed E-state index contributed by atoms with van der Waals surface area (Å²) < 4.78 is 13.3. The first kappa shape index (κ1) is 15.3. The number of thioether (sulfide) groups is 1. The number of nitrogens with two attached hydrogens (primary N) is 1. The maximum atomic E-state index is 13.3. The lowest BCUT2D eigenvalue weighted by atomic mass is 9.95. The summed E-state index contributed by atoms with van der Waals surface area (Å²) >= 11 is 1.68. The zero-order valence-corrected chi connectivity index (χ0v) is 12.5. The minimum atomic E-state index is -0.453. The van der Waals surface area contributed by atoms with E-state index in [4.69, 9.17) is 5.73 Å². The van der Waals surface area contributed by atoms with Gasteiger partial charge in [0.2, 0.25) is 5.91 Å². The number of hydrogen-bond acceptors (Lipinski definition) is 3. The Labute approximate surface area is 123 Å². The third-order valence-electron chi connectivity index (χ3n) is 3.86. The molecule has 0 radical (unpaired) electrons. The molecule has 0 unspecified atom stereocenters. The fraction of sp³-hybridized carbons (Fsp3) is 0.533. The largest absolute Gasteiger partial charge is 0.354 e. The molecule has 0 saturated heterocycles. The van der Waals surface area contributed by atoms with Crippen molar-refractivity contribution < 1.29 is 9.18 Å². The molecule has 1 aliphatic carbocycles. The van der Waals surface area contributed by atoms with Crippen LogP contribution >= 0.6 is 11.8 Å². The van der Waals surface area contributed by atoms with Crippen LogP contribution in [0.5, 0.6) is 0 Å². The second kappa shape index (κ2) is 6.59. The van der Waals surface area contributed by atoms with Crippen LogP contribution in [0.3, 0.4) is 0 Å². The van der Waals surface area contributed by atoms with E-state index in [0.717, 1.165) is 24.2 Å². The van der Waals surface area contributed by atoms with Crippen LogP contribution in [0.1, 0.15) is 24.8 Å². The third kappa shape index (κ3) is 3.73. The Bertz CT molecular complexity index is 477. The predicted octanol–water partition coefficient (Wildman–Crippen LogP) is 2.05. The van der Waals surface area contributed by atoms with Crippen LogP contribution in [0.25, 0.3) is 0 Å². The van der Waals surface area contributed by atoms with Crippen LogP contribution in [0.15, 0.2) is 24.3 Å². The first-order valence-corrected chi connectivity index (χ1v) is 8.25. The van der Waals surface area contributed by atoms with Gasteiger partial charge in [0.15, 0.2) is 0 Å². The minimum Gasteiger partial charge on any atom is -0.354 e. The predicted molar refractivity (Wildman–Crippen MR) is 81.3 cm³/mol.